The molecule has 25 heavy (non-hydrogen) atoms. The third-order valence-corrected chi connectivity index (χ3v) is 3.74. The highest BCUT2D eigenvalue weighted by Crippen LogP contribution is 2.27. The van der Waals surface area contributed by atoms with Crippen molar-refractivity contribution in [2.24, 2.45) is 7.05 Å². The van der Waals surface area contributed by atoms with Gasteiger partial charge in [0.2, 0.25) is 5.88 Å². The van der Waals surface area contributed by atoms with Crippen molar-refractivity contribution >= 4 is 0 Å². The number of nitrogens with zero attached hydrogens (tertiary/aromatic N) is 2. The van der Waals surface area contributed by atoms with Crippen LogP contribution in [-0.2, 0) is 13.5 Å². The lowest BCUT2D eigenvalue weighted by Crippen LogP contribution is -1.95. The van der Waals surface area contributed by atoms with Crippen molar-refractivity contribution < 1.29 is 14.9 Å². The van der Waals surface area contributed by atoms with Crippen molar-refractivity contribution in [1.82, 2.24) is 9.78 Å². The van der Waals surface area contributed by atoms with E-state index in [0.717, 1.165) is 23.6 Å². The molecule has 0 aliphatic heterocycles. The van der Waals surface area contributed by atoms with E-state index in [-0.39, 0.29) is 5.75 Å². The van der Waals surface area contributed by atoms with Gasteiger partial charge >= 0.3 is 0 Å². The molecule has 2 aromatic carbocycles. The fourth-order valence-corrected chi connectivity index (χ4v) is 2.32. The first-order chi connectivity index (χ1) is 11.9. The van der Waals surface area contributed by atoms with Gasteiger partial charge in [0.05, 0.1) is 5.69 Å². The van der Waals surface area contributed by atoms with Crippen LogP contribution in [0.4, 0.5) is 0 Å². The topological polar surface area (TPSA) is 67.5 Å². The van der Waals surface area contributed by atoms with Crippen LogP contribution in [0.1, 0.15) is 23.7 Å². The lowest BCUT2D eigenvalue weighted by Gasteiger charge is -2.06. The van der Waals surface area contributed by atoms with Crippen molar-refractivity contribution in [2.75, 3.05) is 0 Å². The number of hydrogen-bond donors (Lipinski definition) is 2. The zero-order valence-corrected chi connectivity index (χ0v) is 15.0. The molecule has 0 aliphatic carbocycles. The lowest BCUT2D eigenvalue weighted by molar-refractivity contribution is 0.425. The Balaban J connectivity index is 0.000000236. The fourth-order valence-electron chi connectivity index (χ4n) is 2.32. The number of aromatic hydroxyl groups is 2. The van der Waals surface area contributed by atoms with Gasteiger partial charge in [-0.05, 0) is 56.7 Å². The van der Waals surface area contributed by atoms with Crippen molar-refractivity contribution in [1.29, 1.82) is 0 Å². The molecule has 0 bridgehead atoms. The van der Waals surface area contributed by atoms with Crippen LogP contribution in [0.5, 0.6) is 23.1 Å². The molecule has 3 aromatic rings. The van der Waals surface area contributed by atoms with Crippen molar-refractivity contribution in [3.8, 4) is 23.1 Å². The first kappa shape index (κ1) is 18.4. The smallest absolute Gasteiger partial charge is 0.220 e. The van der Waals surface area contributed by atoms with Crippen LogP contribution >= 0.6 is 0 Å². The van der Waals surface area contributed by atoms with Gasteiger partial charge in [0.15, 0.2) is 0 Å². The zero-order chi connectivity index (χ0) is 18.4. The number of phenolic OH excluding ortho intramolecular Hbond substituents is 2. The Labute approximate surface area is 148 Å². The van der Waals surface area contributed by atoms with Gasteiger partial charge in [0.1, 0.15) is 17.2 Å². The Morgan fingerprint density at radius 3 is 1.88 bits per heavy atom. The quantitative estimate of drug-likeness (QED) is 0.737. The predicted octanol–water partition coefficient (Wildman–Crippen LogP) is 4.49. The summed E-state index contributed by atoms with van der Waals surface area (Å²) in [6.07, 6.45) is 0.888. The Morgan fingerprint density at radius 2 is 1.44 bits per heavy atom. The molecule has 3 rings (SSSR count). The molecule has 132 valence electrons. The number of aryl methyl sites for hydroxylation is 3. The molecule has 2 N–H and O–H groups in total. The third kappa shape index (κ3) is 5.01. The van der Waals surface area contributed by atoms with Gasteiger partial charge in [-0.15, -0.1) is 0 Å². The Kier molecular flexibility index (Phi) is 6.06. The highest BCUT2D eigenvalue weighted by Gasteiger charge is 2.12. The minimum atomic E-state index is 0.230. The second kappa shape index (κ2) is 8.24. The van der Waals surface area contributed by atoms with E-state index in [1.54, 1.807) is 41.1 Å². The summed E-state index contributed by atoms with van der Waals surface area (Å²) in [6.45, 7) is 6.06. The van der Waals surface area contributed by atoms with E-state index < -0.39 is 0 Å². The maximum atomic E-state index is 9.20. The number of hydrogen-bond acceptors (Lipinski definition) is 4. The summed E-state index contributed by atoms with van der Waals surface area (Å²) in [5.74, 6) is 1.99. The molecule has 1 aromatic heterocycles. The molecule has 1 heterocycles. The molecule has 0 spiro atoms. The van der Waals surface area contributed by atoms with E-state index in [0.29, 0.717) is 11.5 Å². The summed E-state index contributed by atoms with van der Waals surface area (Å²) in [6, 6.07) is 13.7. The SMILES string of the molecule is CCc1nn(C)c(Oc2ccc(O)cc2)c1C.Cc1ccc(O)cc1. The van der Waals surface area contributed by atoms with Crippen molar-refractivity contribution in [3.63, 3.8) is 0 Å². The second-order valence-corrected chi connectivity index (χ2v) is 5.79. The molecular formula is C20H24N2O3. The van der Waals surface area contributed by atoms with Crippen LogP contribution in [0.2, 0.25) is 0 Å². The molecule has 0 saturated carbocycles. The monoisotopic (exact) mass is 340 g/mol. The Bertz CT molecular complexity index is 785. The van der Waals surface area contributed by atoms with Gasteiger partial charge in [-0.3, -0.25) is 0 Å². The zero-order valence-electron chi connectivity index (χ0n) is 15.0. The summed E-state index contributed by atoms with van der Waals surface area (Å²) < 4.78 is 7.50. The normalized spacial score (nSPS) is 10.1. The van der Waals surface area contributed by atoms with Gasteiger partial charge in [-0.25, -0.2) is 4.68 Å². The van der Waals surface area contributed by atoms with Gasteiger partial charge in [0, 0.05) is 12.6 Å². The van der Waals surface area contributed by atoms with Crippen LogP contribution in [0.15, 0.2) is 48.5 Å². The van der Waals surface area contributed by atoms with Crippen LogP contribution in [0, 0.1) is 13.8 Å². The summed E-state index contributed by atoms with van der Waals surface area (Å²) >= 11 is 0. The van der Waals surface area contributed by atoms with Gasteiger partial charge in [-0.2, -0.15) is 5.10 Å². The Morgan fingerprint density at radius 1 is 0.920 bits per heavy atom. The highest BCUT2D eigenvalue weighted by molar-refractivity contribution is 5.37. The van der Waals surface area contributed by atoms with Gasteiger partial charge in [-0.1, -0.05) is 24.6 Å². The average Bonchev–Trinajstić information content (AvgIpc) is 2.87. The highest BCUT2D eigenvalue weighted by atomic mass is 16.5. The van der Waals surface area contributed by atoms with Crippen LogP contribution in [0.25, 0.3) is 0 Å². The molecule has 5 nitrogen and oxygen atoms in total. The lowest BCUT2D eigenvalue weighted by atomic mass is 10.2. The van der Waals surface area contributed by atoms with E-state index in [1.807, 2.05) is 33.0 Å². The van der Waals surface area contributed by atoms with E-state index >= 15 is 0 Å². The Hall–Kier alpha value is -2.95. The number of aromatic nitrogens is 2. The molecule has 0 fully saturated rings. The number of phenols is 2. The van der Waals surface area contributed by atoms with Gasteiger partial charge < -0.3 is 14.9 Å². The van der Waals surface area contributed by atoms with Crippen LogP contribution in [-0.4, -0.2) is 20.0 Å². The third-order valence-electron chi connectivity index (χ3n) is 3.74. The fraction of sp³-hybridized carbons (Fsp3) is 0.250. The number of ether oxygens (including phenoxy) is 1. The first-order valence-electron chi connectivity index (χ1n) is 8.15. The van der Waals surface area contributed by atoms with Gasteiger partial charge in [0.25, 0.3) is 0 Å². The van der Waals surface area contributed by atoms with E-state index in [9.17, 15) is 5.11 Å². The first-order valence-corrected chi connectivity index (χ1v) is 8.15. The van der Waals surface area contributed by atoms with E-state index in [1.165, 1.54) is 5.56 Å². The molecule has 0 unspecified atom stereocenters. The molecule has 5 heteroatoms. The van der Waals surface area contributed by atoms with Crippen molar-refractivity contribution in [3.05, 3.63) is 65.4 Å². The van der Waals surface area contributed by atoms with E-state index in [4.69, 9.17) is 9.84 Å². The minimum absolute atomic E-state index is 0.230. The number of rotatable bonds is 3. The molecule has 0 radical (unpaired) electrons. The number of benzene rings is 2. The summed E-state index contributed by atoms with van der Waals surface area (Å²) in [5, 5.41) is 22.3. The predicted molar refractivity (Wildman–Crippen MR) is 98.3 cm³/mol. The molecule has 0 saturated heterocycles. The van der Waals surface area contributed by atoms with Crippen LogP contribution in [0.3, 0.4) is 0 Å². The summed E-state index contributed by atoms with van der Waals surface area (Å²) in [4.78, 5) is 0. The summed E-state index contributed by atoms with van der Waals surface area (Å²) in [7, 11) is 1.86. The molecule has 0 atom stereocenters. The maximum absolute atomic E-state index is 9.20. The average molecular weight is 340 g/mol. The molecule has 0 amide bonds. The van der Waals surface area contributed by atoms with E-state index in [2.05, 4.69) is 12.0 Å². The molecular weight excluding hydrogens is 316 g/mol. The minimum Gasteiger partial charge on any atom is -0.508 e. The molecule has 0 aliphatic rings. The van der Waals surface area contributed by atoms with Crippen LogP contribution < -0.4 is 4.74 Å². The maximum Gasteiger partial charge on any atom is 0.220 e. The largest absolute Gasteiger partial charge is 0.508 e. The van der Waals surface area contributed by atoms with Crippen molar-refractivity contribution in [2.45, 2.75) is 27.2 Å². The second-order valence-electron chi connectivity index (χ2n) is 5.79. The summed E-state index contributed by atoms with van der Waals surface area (Å²) in [5.41, 5.74) is 3.27. The standard InChI is InChI=1S/C13H16N2O2.C7H8O/c1-4-12-9(2)13(15(3)14-12)17-11-7-5-10(16)6-8-11;1-6-2-4-7(8)5-3-6/h5-8,16H,4H2,1-3H3;2-5,8H,1H3.